The molecule has 3 rings (SSSR count). The van der Waals surface area contributed by atoms with Crippen molar-refractivity contribution in [3.05, 3.63) is 71.7 Å². The van der Waals surface area contributed by atoms with Crippen molar-refractivity contribution in [3.8, 4) is 11.5 Å². The summed E-state index contributed by atoms with van der Waals surface area (Å²) < 4.78 is 11.2. The van der Waals surface area contributed by atoms with Crippen LogP contribution in [0, 0.1) is 0 Å². The summed E-state index contributed by atoms with van der Waals surface area (Å²) in [7, 11) is 1.59. The Morgan fingerprint density at radius 1 is 1.18 bits per heavy atom. The minimum Gasteiger partial charge on any atom is -0.493 e. The molecule has 0 N–H and O–H groups in total. The van der Waals surface area contributed by atoms with Gasteiger partial charge in [0, 0.05) is 12.1 Å². The normalized spacial score (nSPS) is 16.6. The van der Waals surface area contributed by atoms with Gasteiger partial charge in [0.15, 0.2) is 16.7 Å². The Morgan fingerprint density at radius 3 is 2.64 bits per heavy atom. The second kappa shape index (κ2) is 9.28. The van der Waals surface area contributed by atoms with Gasteiger partial charge in [-0.25, -0.2) is 4.99 Å². The number of likely N-dealkylation sites (N-methyl/N-ethyl adjacent to an activating group) is 1. The summed E-state index contributed by atoms with van der Waals surface area (Å²) in [6.07, 6.45) is 3.49. The van der Waals surface area contributed by atoms with E-state index in [0.717, 1.165) is 11.3 Å². The number of thioether (sulfide) groups is 1. The molecule has 1 aliphatic heterocycles. The number of nitrogens with zero attached hydrogens (tertiary/aromatic N) is 2. The predicted molar refractivity (Wildman–Crippen MR) is 115 cm³/mol. The van der Waals surface area contributed by atoms with Crippen molar-refractivity contribution in [1.29, 1.82) is 0 Å². The molecular weight excluding hydrogens is 372 g/mol. The fraction of sp³-hybridized carbons (Fsp3) is 0.182. The maximum atomic E-state index is 12.9. The van der Waals surface area contributed by atoms with Crippen LogP contribution in [0.3, 0.4) is 0 Å². The highest BCUT2D eigenvalue weighted by molar-refractivity contribution is 8.18. The molecule has 0 aromatic heterocycles. The molecule has 1 aliphatic rings. The Kier molecular flexibility index (Phi) is 6.55. The van der Waals surface area contributed by atoms with Gasteiger partial charge in [-0.3, -0.25) is 9.69 Å². The number of benzene rings is 2. The third-order valence-electron chi connectivity index (χ3n) is 4.05. The highest BCUT2D eigenvalue weighted by atomic mass is 32.2. The fourth-order valence-corrected chi connectivity index (χ4v) is 3.78. The van der Waals surface area contributed by atoms with E-state index >= 15 is 0 Å². The predicted octanol–water partition coefficient (Wildman–Crippen LogP) is 4.88. The van der Waals surface area contributed by atoms with E-state index in [0.29, 0.717) is 34.7 Å². The van der Waals surface area contributed by atoms with Gasteiger partial charge >= 0.3 is 0 Å². The third-order valence-corrected chi connectivity index (χ3v) is 5.05. The topological polar surface area (TPSA) is 51.1 Å². The zero-order valence-electron chi connectivity index (χ0n) is 15.9. The van der Waals surface area contributed by atoms with Crippen molar-refractivity contribution in [2.75, 3.05) is 20.3 Å². The van der Waals surface area contributed by atoms with E-state index < -0.39 is 0 Å². The molecule has 6 heteroatoms. The van der Waals surface area contributed by atoms with Gasteiger partial charge in [0.2, 0.25) is 0 Å². The number of carbonyl (C=O) groups is 1. The summed E-state index contributed by atoms with van der Waals surface area (Å²) in [4.78, 5) is 19.8. The molecule has 2 aromatic carbocycles. The molecule has 0 unspecified atom stereocenters. The quantitative estimate of drug-likeness (QED) is 0.496. The van der Waals surface area contributed by atoms with E-state index in [1.54, 1.807) is 18.1 Å². The van der Waals surface area contributed by atoms with Gasteiger partial charge in [0.05, 0.1) is 17.7 Å². The number of aliphatic imine (C=N–C) groups is 1. The van der Waals surface area contributed by atoms with Crippen LogP contribution < -0.4 is 9.47 Å². The molecular formula is C22H22N2O3S. The molecule has 144 valence electrons. The number of hydrogen-bond acceptors (Lipinski definition) is 5. The summed E-state index contributed by atoms with van der Waals surface area (Å²) in [6.45, 7) is 6.52. The Hall–Kier alpha value is -2.99. The standard InChI is InChI=1S/C22H22N2O3S/c1-4-14-27-20-16(10-9-13-18(20)26-3)15-19-21(25)24(5-2)22(28-19)23-17-11-7-6-8-12-17/h4,6-13,15H,1,5,14H2,2-3H3/b19-15+,23-22?. The molecule has 0 aliphatic carbocycles. The summed E-state index contributed by atoms with van der Waals surface area (Å²) in [5.74, 6) is 1.12. The van der Waals surface area contributed by atoms with Gasteiger partial charge in [-0.15, -0.1) is 0 Å². The van der Waals surface area contributed by atoms with E-state index in [9.17, 15) is 4.79 Å². The zero-order chi connectivity index (χ0) is 19.9. The van der Waals surface area contributed by atoms with Crippen molar-refractivity contribution < 1.29 is 14.3 Å². The Bertz CT molecular complexity index is 923. The average Bonchev–Trinajstić information content (AvgIpc) is 3.01. The van der Waals surface area contributed by atoms with Gasteiger partial charge in [0.25, 0.3) is 5.91 Å². The molecule has 1 saturated heterocycles. The summed E-state index contributed by atoms with van der Waals surface area (Å²) in [5, 5.41) is 0.668. The lowest BCUT2D eigenvalue weighted by atomic mass is 10.1. The van der Waals surface area contributed by atoms with Crippen LogP contribution in [-0.2, 0) is 4.79 Å². The second-order valence-electron chi connectivity index (χ2n) is 5.87. The van der Waals surface area contributed by atoms with Gasteiger partial charge in [-0.05, 0) is 43.0 Å². The molecule has 1 amide bonds. The van der Waals surface area contributed by atoms with Gasteiger partial charge in [0.1, 0.15) is 6.61 Å². The first-order valence-corrected chi connectivity index (χ1v) is 9.75. The number of methoxy groups -OCH3 is 1. The number of hydrogen-bond donors (Lipinski definition) is 0. The second-order valence-corrected chi connectivity index (χ2v) is 6.88. The first-order chi connectivity index (χ1) is 13.7. The largest absolute Gasteiger partial charge is 0.493 e. The lowest BCUT2D eigenvalue weighted by Crippen LogP contribution is -2.28. The van der Waals surface area contributed by atoms with Gasteiger partial charge < -0.3 is 9.47 Å². The summed E-state index contributed by atoms with van der Waals surface area (Å²) >= 11 is 1.36. The van der Waals surface area contributed by atoms with E-state index in [-0.39, 0.29) is 5.91 Å². The van der Waals surface area contributed by atoms with Gasteiger partial charge in [-0.1, -0.05) is 43.0 Å². The molecule has 0 bridgehead atoms. The minimum absolute atomic E-state index is 0.0697. The summed E-state index contributed by atoms with van der Waals surface area (Å²) in [6, 6.07) is 15.2. The maximum Gasteiger partial charge on any atom is 0.266 e. The lowest BCUT2D eigenvalue weighted by Gasteiger charge is -2.13. The van der Waals surface area contributed by atoms with Crippen molar-refractivity contribution in [1.82, 2.24) is 4.90 Å². The third kappa shape index (κ3) is 4.28. The number of carbonyl (C=O) groups excluding carboxylic acids is 1. The summed E-state index contributed by atoms with van der Waals surface area (Å²) in [5.41, 5.74) is 1.59. The maximum absolute atomic E-state index is 12.9. The highest BCUT2D eigenvalue weighted by Crippen LogP contribution is 2.38. The number of para-hydroxylation sites is 2. The number of ether oxygens (including phenoxy) is 2. The van der Waals surface area contributed by atoms with E-state index in [4.69, 9.17) is 9.47 Å². The first-order valence-electron chi connectivity index (χ1n) is 8.93. The molecule has 0 spiro atoms. The monoisotopic (exact) mass is 394 g/mol. The van der Waals surface area contributed by atoms with Crippen LogP contribution in [0.1, 0.15) is 12.5 Å². The number of rotatable bonds is 7. The van der Waals surface area contributed by atoms with Crippen LogP contribution in [0.4, 0.5) is 5.69 Å². The van der Waals surface area contributed by atoms with Crippen LogP contribution in [0.25, 0.3) is 6.08 Å². The van der Waals surface area contributed by atoms with Crippen LogP contribution in [0.15, 0.2) is 71.1 Å². The molecule has 1 heterocycles. The van der Waals surface area contributed by atoms with E-state index in [2.05, 4.69) is 11.6 Å². The molecule has 0 atom stereocenters. The average molecular weight is 394 g/mol. The Labute approximate surface area is 169 Å². The van der Waals surface area contributed by atoms with Crippen LogP contribution in [0.2, 0.25) is 0 Å². The van der Waals surface area contributed by atoms with Crippen LogP contribution in [0.5, 0.6) is 11.5 Å². The minimum atomic E-state index is -0.0697. The Balaban J connectivity index is 1.98. The molecule has 28 heavy (non-hydrogen) atoms. The van der Waals surface area contributed by atoms with Crippen molar-refractivity contribution in [2.45, 2.75) is 6.92 Å². The Morgan fingerprint density at radius 2 is 1.96 bits per heavy atom. The first kappa shape index (κ1) is 19.8. The van der Waals surface area contributed by atoms with Crippen molar-refractivity contribution in [2.24, 2.45) is 4.99 Å². The van der Waals surface area contributed by atoms with Gasteiger partial charge in [-0.2, -0.15) is 0 Å². The molecule has 0 saturated carbocycles. The van der Waals surface area contributed by atoms with Crippen LogP contribution in [-0.4, -0.2) is 36.2 Å². The zero-order valence-corrected chi connectivity index (χ0v) is 16.7. The number of amides is 1. The smallest absolute Gasteiger partial charge is 0.266 e. The highest BCUT2D eigenvalue weighted by Gasteiger charge is 2.32. The number of amidine groups is 1. The molecule has 0 radical (unpaired) electrons. The van der Waals surface area contributed by atoms with E-state index in [1.807, 2.05) is 61.5 Å². The SMILES string of the molecule is C=CCOc1c(/C=C2/SC(=Nc3ccccc3)N(CC)C2=O)cccc1OC. The van der Waals surface area contributed by atoms with Crippen molar-refractivity contribution in [3.63, 3.8) is 0 Å². The van der Waals surface area contributed by atoms with Crippen molar-refractivity contribution >= 4 is 34.6 Å². The fourth-order valence-electron chi connectivity index (χ4n) is 2.73. The molecule has 5 nitrogen and oxygen atoms in total. The molecule has 2 aromatic rings. The van der Waals surface area contributed by atoms with E-state index in [1.165, 1.54) is 11.8 Å². The van der Waals surface area contributed by atoms with Crippen LogP contribution >= 0.6 is 11.8 Å². The molecule has 1 fully saturated rings. The lowest BCUT2D eigenvalue weighted by molar-refractivity contribution is -0.122.